The van der Waals surface area contributed by atoms with Gasteiger partial charge in [-0.2, -0.15) is 4.98 Å². The number of aromatic nitrogens is 2. The van der Waals surface area contributed by atoms with Crippen LogP contribution in [0.2, 0.25) is 5.02 Å². The molecule has 3 heterocycles. The van der Waals surface area contributed by atoms with Gasteiger partial charge >= 0.3 is 6.03 Å². The van der Waals surface area contributed by atoms with Crippen molar-refractivity contribution in [2.75, 3.05) is 29.9 Å². The zero-order valence-corrected chi connectivity index (χ0v) is 20.6. The molecule has 1 saturated heterocycles. The van der Waals surface area contributed by atoms with E-state index in [4.69, 9.17) is 21.3 Å². The molecule has 0 radical (unpaired) electrons. The fourth-order valence-corrected chi connectivity index (χ4v) is 4.60. The lowest BCUT2D eigenvalue weighted by Crippen LogP contribution is -2.40. The number of benzene rings is 2. The van der Waals surface area contributed by atoms with Crippen molar-refractivity contribution in [1.29, 1.82) is 0 Å². The summed E-state index contributed by atoms with van der Waals surface area (Å²) in [6.07, 6.45) is 2.54. The summed E-state index contributed by atoms with van der Waals surface area (Å²) in [5, 5.41) is 3.36. The molecule has 1 aromatic heterocycles. The summed E-state index contributed by atoms with van der Waals surface area (Å²) >= 11 is 6.03. The highest BCUT2D eigenvalue weighted by atomic mass is 35.5. The lowest BCUT2D eigenvalue weighted by Gasteiger charge is -2.33. The number of nitrogens with one attached hydrogen (secondary N) is 1. The SMILES string of the molecule is CC1CCN(c2nc3c(c(Oc4ccc(F)cc4F)n2)CN(C(=O)Nc2cccc(Cl)c2)CC3)CC1. The summed E-state index contributed by atoms with van der Waals surface area (Å²) in [6.45, 7) is 4.48. The molecule has 188 valence electrons. The van der Waals surface area contributed by atoms with Crippen molar-refractivity contribution in [3.63, 3.8) is 0 Å². The Morgan fingerprint density at radius 1 is 1.11 bits per heavy atom. The van der Waals surface area contributed by atoms with Gasteiger partial charge in [0.05, 0.1) is 17.8 Å². The Balaban J connectivity index is 1.44. The van der Waals surface area contributed by atoms with E-state index in [1.807, 2.05) is 0 Å². The molecule has 0 saturated carbocycles. The molecule has 0 unspecified atom stereocenters. The van der Waals surface area contributed by atoms with Gasteiger partial charge in [-0.15, -0.1) is 0 Å². The summed E-state index contributed by atoms with van der Waals surface area (Å²) in [4.78, 5) is 26.1. The second kappa shape index (κ2) is 10.3. The fraction of sp³-hybridized carbons (Fsp3) is 0.346. The summed E-state index contributed by atoms with van der Waals surface area (Å²) < 4.78 is 33.8. The summed E-state index contributed by atoms with van der Waals surface area (Å²) in [7, 11) is 0. The fourth-order valence-electron chi connectivity index (χ4n) is 4.41. The summed E-state index contributed by atoms with van der Waals surface area (Å²) in [5.41, 5.74) is 1.93. The molecule has 0 bridgehead atoms. The van der Waals surface area contributed by atoms with Crippen molar-refractivity contribution in [3.8, 4) is 11.6 Å². The van der Waals surface area contributed by atoms with E-state index in [0.717, 1.165) is 43.8 Å². The van der Waals surface area contributed by atoms with Crippen LogP contribution in [0.1, 0.15) is 31.0 Å². The molecule has 2 aromatic carbocycles. The Bertz CT molecular complexity index is 1280. The summed E-state index contributed by atoms with van der Waals surface area (Å²) in [5.74, 6) is -0.349. The Labute approximate surface area is 213 Å². The second-order valence-electron chi connectivity index (χ2n) is 9.21. The third kappa shape index (κ3) is 5.36. The minimum Gasteiger partial charge on any atom is -0.435 e. The molecule has 10 heteroatoms. The van der Waals surface area contributed by atoms with Crippen molar-refractivity contribution < 1.29 is 18.3 Å². The van der Waals surface area contributed by atoms with E-state index in [2.05, 4.69) is 22.1 Å². The molecule has 2 aliphatic heterocycles. The van der Waals surface area contributed by atoms with Gasteiger partial charge in [-0.1, -0.05) is 24.6 Å². The van der Waals surface area contributed by atoms with Gasteiger partial charge in [0.15, 0.2) is 11.6 Å². The number of nitrogens with zero attached hydrogens (tertiary/aromatic N) is 4. The predicted octanol–water partition coefficient (Wildman–Crippen LogP) is 6.03. The first-order valence-electron chi connectivity index (χ1n) is 11.9. The standard InChI is InChI=1S/C26H26ClF2N5O2/c1-16-7-10-33(11-8-16)25-31-22-9-12-34(26(35)30-19-4-2-3-17(27)13-19)15-20(22)24(32-25)36-23-6-5-18(28)14-21(23)29/h2-6,13-14,16H,7-12,15H2,1H3,(H,30,35). The molecule has 7 nitrogen and oxygen atoms in total. The number of piperidine rings is 1. The molecular weight excluding hydrogens is 488 g/mol. The molecule has 0 aliphatic carbocycles. The molecule has 2 aliphatic rings. The number of hydrogen-bond donors (Lipinski definition) is 1. The quantitative estimate of drug-likeness (QED) is 0.461. The molecule has 36 heavy (non-hydrogen) atoms. The van der Waals surface area contributed by atoms with E-state index in [1.165, 1.54) is 6.07 Å². The number of fused-ring (bicyclic) bond motifs is 1. The van der Waals surface area contributed by atoms with Crippen LogP contribution in [-0.2, 0) is 13.0 Å². The molecule has 1 fully saturated rings. The predicted molar refractivity (Wildman–Crippen MR) is 134 cm³/mol. The van der Waals surface area contributed by atoms with Crippen molar-refractivity contribution in [3.05, 3.63) is 70.4 Å². The largest absolute Gasteiger partial charge is 0.435 e. The Kier molecular flexibility index (Phi) is 6.91. The van der Waals surface area contributed by atoms with Gasteiger partial charge in [0.25, 0.3) is 0 Å². The first-order valence-corrected chi connectivity index (χ1v) is 12.3. The van der Waals surface area contributed by atoms with Crippen molar-refractivity contribution in [1.82, 2.24) is 14.9 Å². The Hall–Kier alpha value is -3.46. The van der Waals surface area contributed by atoms with Crippen LogP contribution in [0.25, 0.3) is 0 Å². The van der Waals surface area contributed by atoms with E-state index in [0.29, 0.717) is 41.1 Å². The minimum atomic E-state index is -0.831. The maximum atomic E-state index is 14.4. The zero-order chi connectivity index (χ0) is 25.2. The van der Waals surface area contributed by atoms with Crippen molar-refractivity contribution >= 4 is 29.3 Å². The zero-order valence-electron chi connectivity index (χ0n) is 19.8. The number of halogens is 3. The monoisotopic (exact) mass is 513 g/mol. The number of anilines is 2. The Morgan fingerprint density at radius 3 is 2.67 bits per heavy atom. The van der Waals surface area contributed by atoms with Crippen molar-refractivity contribution in [2.45, 2.75) is 32.7 Å². The number of rotatable bonds is 4. The molecule has 0 atom stereocenters. The van der Waals surface area contributed by atoms with Crippen molar-refractivity contribution in [2.24, 2.45) is 5.92 Å². The van der Waals surface area contributed by atoms with Gasteiger partial charge < -0.3 is 19.9 Å². The lowest BCUT2D eigenvalue weighted by atomic mass is 9.99. The van der Waals surface area contributed by atoms with Crippen LogP contribution in [0.5, 0.6) is 11.6 Å². The number of hydrogen-bond acceptors (Lipinski definition) is 5. The highest BCUT2D eigenvalue weighted by molar-refractivity contribution is 6.30. The molecule has 2 amide bonds. The number of ether oxygens (including phenoxy) is 1. The van der Waals surface area contributed by atoms with Crippen LogP contribution in [0.4, 0.5) is 25.2 Å². The number of carbonyl (C=O) groups is 1. The topological polar surface area (TPSA) is 70.6 Å². The van der Waals surface area contributed by atoms with E-state index >= 15 is 0 Å². The van der Waals surface area contributed by atoms with E-state index in [9.17, 15) is 13.6 Å². The Morgan fingerprint density at radius 2 is 1.92 bits per heavy atom. The van der Waals surface area contributed by atoms with E-state index in [1.54, 1.807) is 29.2 Å². The summed E-state index contributed by atoms with van der Waals surface area (Å²) in [6, 6.07) is 9.71. The number of urea groups is 1. The minimum absolute atomic E-state index is 0.143. The molecule has 5 rings (SSSR count). The molecular formula is C26H26ClF2N5O2. The number of carbonyl (C=O) groups excluding carboxylic acids is 1. The van der Waals surface area contributed by atoms with Crippen LogP contribution < -0.4 is 15.0 Å². The van der Waals surface area contributed by atoms with Crippen LogP contribution in [-0.4, -0.2) is 40.5 Å². The highest BCUT2D eigenvalue weighted by Gasteiger charge is 2.29. The first kappa shape index (κ1) is 24.2. The van der Waals surface area contributed by atoms with Gasteiger partial charge in [-0.05, 0) is 49.1 Å². The van der Waals surface area contributed by atoms with Gasteiger partial charge in [-0.3, -0.25) is 0 Å². The normalized spacial score (nSPS) is 16.0. The van der Waals surface area contributed by atoms with Gasteiger partial charge in [-0.25, -0.2) is 18.6 Å². The molecule has 3 aromatic rings. The smallest absolute Gasteiger partial charge is 0.322 e. The highest BCUT2D eigenvalue weighted by Crippen LogP contribution is 2.33. The van der Waals surface area contributed by atoms with Crippen LogP contribution >= 0.6 is 11.6 Å². The third-order valence-electron chi connectivity index (χ3n) is 6.54. The third-order valence-corrected chi connectivity index (χ3v) is 6.78. The van der Waals surface area contributed by atoms with E-state index < -0.39 is 11.6 Å². The maximum Gasteiger partial charge on any atom is 0.322 e. The van der Waals surface area contributed by atoms with Gasteiger partial charge in [0, 0.05) is 42.8 Å². The second-order valence-corrected chi connectivity index (χ2v) is 9.65. The number of amides is 2. The van der Waals surface area contributed by atoms with Crippen LogP contribution in [0.3, 0.4) is 0 Å². The average Bonchev–Trinajstić information content (AvgIpc) is 2.86. The van der Waals surface area contributed by atoms with E-state index in [-0.39, 0.29) is 24.2 Å². The lowest BCUT2D eigenvalue weighted by molar-refractivity contribution is 0.205. The van der Waals surface area contributed by atoms with Crippen LogP contribution in [0, 0.1) is 17.6 Å². The molecule has 0 spiro atoms. The maximum absolute atomic E-state index is 14.4. The van der Waals surface area contributed by atoms with Crippen LogP contribution in [0.15, 0.2) is 42.5 Å². The molecule has 1 N–H and O–H groups in total. The average molecular weight is 514 g/mol. The first-order chi connectivity index (χ1) is 17.4. The van der Waals surface area contributed by atoms with Gasteiger partial charge in [0.2, 0.25) is 11.8 Å². The van der Waals surface area contributed by atoms with Gasteiger partial charge in [0.1, 0.15) is 5.82 Å².